The first-order valence-electron chi connectivity index (χ1n) is 9.19. The molecule has 0 unspecified atom stereocenters. The van der Waals surface area contributed by atoms with Gasteiger partial charge < -0.3 is 4.57 Å². The van der Waals surface area contributed by atoms with E-state index < -0.39 is 0 Å². The van der Waals surface area contributed by atoms with Gasteiger partial charge in [-0.25, -0.2) is 4.98 Å². The third-order valence-electron chi connectivity index (χ3n) is 5.10. The molecule has 0 N–H and O–H groups in total. The summed E-state index contributed by atoms with van der Waals surface area (Å²) >= 11 is 3.44. The normalized spacial score (nSPS) is 12.1. The zero-order valence-electron chi connectivity index (χ0n) is 16.3. The molecule has 6 heteroatoms. The van der Waals surface area contributed by atoms with Crippen LogP contribution in [0.2, 0.25) is 0 Å². The number of hydrogen-bond donors (Lipinski definition) is 0. The maximum absolute atomic E-state index is 13.2. The lowest BCUT2D eigenvalue weighted by Gasteiger charge is -2.12. The van der Waals surface area contributed by atoms with Crippen molar-refractivity contribution in [2.75, 3.05) is 0 Å². The van der Waals surface area contributed by atoms with Gasteiger partial charge in [-0.1, -0.05) is 48.0 Å². The number of hydrogen-bond acceptors (Lipinski definition) is 3. The van der Waals surface area contributed by atoms with E-state index in [4.69, 9.17) is 4.98 Å². The van der Waals surface area contributed by atoms with Gasteiger partial charge in [0.15, 0.2) is 0 Å². The molecule has 0 fully saturated rings. The van der Waals surface area contributed by atoms with E-state index in [1.165, 1.54) is 4.68 Å². The molecule has 2 heterocycles. The monoisotopic (exact) mass is 436 g/mol. The van der Waals surface area contributed by atoms with Crippen LogP contribution in [0.5, 0.6) is 0 Å². The van der Waals surface area contributed by atoms with E-state index in [0.29, 0.717) is 16.7 Å². The van der Waals surface area contributed by atoms with E-state index >= 15 is 0 Å². The van der Waals surface area contributed by atoms with Crippen molar-refractivity contribution in [1.82, 2.24) is 14.2 Å². The molecule has 2 aromatic heterocycles. The van der Waals surface area contributed by atoms with E-state index in [0.717, 1.165) is 26.6 Å². The van der Waals surface area contributed by atoms with E-state index in [1.807, 2.05) is 45.2 Å². The molecule has 0 bridgehead atoms. The second-order valence-electron chi connectivity index (χ2n) is 7.22. The van der Waals surface area contributed by atoms with Crippen molar-refractivity contribution < 1.29 is 0 Å². The zero-order valence-corrected chi connectivity index (χ0v) is 17.9. The van der Waals surface area contributed by atoms with Crippen LogP contribution in [-0.2, 0) is 7.05 Å². The Kier molecular flexibility index (Phi) is 4.67. The van der Waals surface area contributed by atoms with Gasteiger partial charge in [0.05, 0.1) is 17.1 Å². The quantitative estimate of drug-likeness (QED) is 0.425. The van der Waals surface area contributed by atoms with Crippen molar-refractivity contribution in [3.63, 3.8) is 0 Å². The molecule has 0 spiro atoms. The fraction of sp³-hybridized carbons (Fsp3) is 0.227. The number of rotatable bonds is 3. The smallest absolute Gasteiger partial charge is 0.282 e. The van der Waals surface area contributed by atoms with E-state index in [9.17, 15) is 4.79 Å². The second-order valence-corrected chi connectivity index (χ2v) is 8.14. The van der Waals surface area contributed by atoms with Crippen LogP contribution in [0.4, 0.5) is 0 Å². The molecule has 0 aliphatic carbocycles. The molecule has 0 aliphatic rings. The molecular weight excluding hydrogens is 416 g/mol. The molecule has 142 valence electrons. The van der Waals surface area contributed by atoms with E-state index in [-0.39, 0.29) is 11.5 Å². The summed E-state index contributed by atoms with van der Waals surface area (Å²) in [7, 11) is 2.04. The summed E-state index contributed by atoms with van der Waals surface area (Å²) in [5, 5.41) is 6.25. The van der Waals surface area contributed by atoms with Gasteiger partial charge >= 0.3 is 0 Å². The summed E-state index contributed by atoms with van der Waals surface area (Å²) in [4.78, 5) is 17.9. The van der Waals surface area contributed by atoms with Gasteiger partial charge in [-0.3, -0.25) is 4.79 Å². The molecule has 0 atom stereocenters. The minimum Gasteiger partial charge on any atom is -0.347 e. The van der Waals surface area contributed by atoms with E-state index in [1.54, 1.807) is 12.3 Å². The summed E-state index contributed by atoms with van der Waals surface area (Å²) in [6, 6.07) is 13.7. The number of aromatic nitrogens is 3. The molecule has 5 nitrogen and oxygen atoms in total. The molecule has 0 radical (unpaired) electrons. The lowest BCUT2D eigenvalue weighted by atomic mass is 10.1. The minimum absolute atomic E-state index is 0.0616. The number of benzene rings is 2. The molecule has 4 rings (SSSR count). The molecule has 28 heavy (non-hydrogen) atoms. The molecule has 0 amide bonds. The van der Waals surface area contributed by atoms with Gasteiger partial charge in [-0.05, 0) is 31.2 Å². The van der Waals surface area contributed by atoms with Crippen molar-refractivity contribution in [1.29, 1.82) is 0 Å². The topological polar surface area (TPSA) is 52.2 Å². The van der Waals surface area contributed by atoms with Crippen LogP contribution in [0, 0.1) is 6.92 Å². The maximum atomic E-state index is 13.2. The van der Waals surface area contributed by atoms with Crippen molar-refractivity contribution in [3.8, 4) is 0 Å². The fourth-order valence-electron chi connectivity index (χ4n) is 3.48. The highest BCUT2D eigenvalue weighted by atomic mass is 79.9. The molecule has 2 aromatic carbocycles. The highest BCUT2D eigenvalue weighted by Gasteiger charge is 2.15. The van der Waals surface area contributed by atoms with Crippen LogP contribution in [-0.4, -0.2) is 20.4 Å². The van der Waals surface area contributed by atoms with Crippen molar-refractivity contribution >= 4 is 44.0 Å². The fourth-order valence-corrected chi connectivity index (χ4v) is 3.84. The van der Waals surface area contributed by atoms with Crippen molar-refractivity contribution in [2.24, 2.45) is 12.1 Å². The van der Waals surface area contributed by atoms with Crippen LogP contribution in [0.25, 0.3) is 21.8 Å². The number of halogens is 1. The van der Waals surface area contributed by atoms with Gasteiger partial charge in [-0.2, -0.15) is 9.78 Å². The average Bonchev–Trinajstić information content (AvgIpc) is 2.92. The van der Waals surface area contributed by atoms with Gasteiger partial charge in [0, 0.05) is 39.6 Å². The Labute approximate surface area is 171 Å². The predicted octanol–water partition coefficient (Wildman–Crippen LogP) is 4.96. The van der Waals surface area contributed by atoms with Gasteiger partial charge in [0.2, 0.25) is 0 Å². The Morgan fingerprint density at radius 3 is 2.64 bits per heavy atom. The van der Waals surface area contributed by atoms with Crippen LogP contribution in [0.3, 0.4) is 0 Å². The van der Waals surface area contributed by atoms with Gasteiger partial charge in [-0.15, -0.1) is 0 Å². The summed E-state index contributed by atoms with van der Waals surface area (Å²) in [6.07, 6.45) is 1.77. The number of aryl methyl sites for hydroxylation is 1. The van der Waals surface area contributed by atoms with Gasteiger partial charge in [0.1, 0.15) is 5.82 Å². The first-order chi connectivity index (χ1) is 13.4. The Morgan fingerprint density at radius 2 is 1.89 bits per heavy atom. The van der Waals surface area contributed by atoms with Crippen LogP contribution >= 0.6 is 15.9 Å². The molecule has 0 saturated carbocycles. The Balaban J connectivity index is 1.95. The third kappa shape index (κ3) is 2.98. The summed E-state index contributed by atoms with van der Waals surface area (Å²) in [5.41, 5.74) is 3.77. The molecule has 4 aromatic rings. The standard InChI is InChI=1S/C22H21BrN4O/c1-13(2)21-25-19-10-9-15(23)11-17(19)22(28)27(21)24-12-18-14(3)26(4)20-8-6-5-7-16(18)20/h5-13H,1-4H3. The van der Waals surface area contributed by atoms with Crippen LogP contribution in [0.15, 0.2) is 56.8 Å². The highest BCUT2D eigenvalue weighted by molar-refractivity contribution is 9.10. The minimum atomic E-state index is -0.163. The lowest BCUT2D eigenvalue weighted by Crippen LogP contribution is -2.23. The van der Waals surface area contributed by atoms with E-state index in [2.05, 4.69) is 44.7 Å². The lowest BCUT2D eigenvalue weighted by molar-refractivity contribution is 0.665. The van der Waals surface area contributed by atoms with Crippen LogP contribution < -0.4 is 5.56 Å². The summed E-state index contributed by atoms with van der Waals surface area (Å²) in [5.74, 6) is 0.709. The van der Waals surface area contributed by atoms with Gasteiger partial charge in [0.25, 0.3) is 5.56 Å². The zero-order chi connectivity index (χ0) is 20.0. The summed E-state index contributed by atoms with van der Waals surface area (Å²) in [6.45, 7) is 6.09. The van der Waals surface area contributed by atoms with Crippen molar-refractivity contribution in [2.45, 2.75) is 26.7 Å². The first kappa shape index (κ1) is 18.6. The number of nitrogens with zero attached hydrogens (tertiary/aromatic N) is 4. The second kappa shape index (κ2) is 7.02. The number of para-hydroxylation sites is 1. The molecule has 0 saturated heterocycles. The Hall–Kier alpha value is -2.73. The number of fused-ring (bicyclic) bond motifs is 2. The predicted molar refractivity (Wildman–Crippen MR) is 118 cm³/mol. The highest BCUT2D eigenvalue weighted by Crippen LogP contribution is 2.23. The molecular formula is C22H21BrN4O. The largest absolute Gasteiger partial charge is 0.347 e. The average molecular weight is 437 g/mol. The molecule has 0 aliphatic heterocycles. The Bertz CT molecular complexity index is 1300. The Morgan fingerprint density at radius 1 is 1.14 bits per heavy atom. The van der Waals surface area contributed by atoms with Crippen LogP contribution in [0.1, 0.15) is 36.8 Å². The SMILES string of the molecule is Cc1c(C=Nn2c(C(C)C)nc3ccc(Br)cc3c2=O)c2ccccc2n1C. The first-order valence-corrected chi connectivity index (χ1v) is 9.98. The maximum Gasteiger partial charge on any atom is 0.282 e. The summed E-state index contributed by atoms with van der Waals surface area (Å²) < 4.78 is 4.41. The third-order valence-corrected chi connectivity index (χ3v) is 5.59. The van der Waals surface area contributed by atoms with Crippen molar-refractivity contribution in [3.05, 3.63) is 74.4 Å².